The van der Waals surface area contributed by atoms with Gasteiger partial charge >= 0.3 is 5.97 Å². The van der Waals surface area contributed by atoms with Crippen LogP contribution < -0.4 is 5.32 Å². The van der Waals surface area contributed by atoms with Gasteiger partial charge in [-0.2, -0.15) is 0 Å². The van der Waals surface area contributed by atoms with Gasteiger partial charge < -0.3 is 10.1 Å². The van der Waals surface area contributed by atoms with Gasteiger partial charge in [-0.15, -0.1) is 11.8 Å². The highest BCUT2D eigenvalue weighted by molar-refractivity contribution is 8.00. The third-order valence-corrected chi connectivity index (χ3v) is 6.17. The number of rotatable bonds is 6. The summed E-state index contributed by atoms with van der Waals surface area (Å²) in [5.41, 5.74) is 1.29. The quantitative estimate of drug-likeness (QED) is 0.317. The molecule has 0 spiro atoms. The number of anilines is 2. The molecule has 0 atom stereocenters. The number of methoxy groups -OCH3 is 1. The summed E-state index contributed by atoms with van der Waals surface area (Å²) in [5.74, 6) is 0.0927. The van der Waals surface area contributed by atoms with Crippen LogP contribution in [0.25, 0.3) is 0 Å². The lowest BCUT2D eigenvalue weighted by atomic mass is 10.0. The Morgan fingerprint density at radius 3 is 2.54 bits per heavy atom. The summed E-state index contributed by atoms with van der Waals surface area (Å²) in [6.45, 7) is 0. The largest absolute Gasteiger partial charge is 0.465 e. The Morgan fingerprint density at radius 1 is 1.15 bits per heavy atom. The smallest absolute Gasteiger partial charge is 0.344 e. The molecule has 1 aliphatic carbocycles. The molecule has 0 radical (unpaired) electrons. The van der Waals surface area contributed by atoms with E-state index in [0.29, 0.717) is 26.8 Å². The number of nitrogens with one attached hydrogen (secondary N) is 1. The minimum absolute atomic E-state index is 0.408. The molecule has 26 heavy (non-hydrogen) atoms. The van der Waals surface area contributed by atoms with E-state index in [9.17, 15) is 4.79 Å². The molecule has 1 aliphatic rings. The van der Waals surface area contributed by atoms with Crippen LogP contribution in [0.1, 0.15) is 42.5 Å². The van der Waals surface area contributed by atoms with Crippen molar-refractivity contribution < 1.29 is 9.53 Å². The van der Waals surface area contributed by atoms with Gasteiger partial charge in [0.25, 0.3) is 0 Å². The molecule has 0 unspecified atom stereocenters. The van der Waals surface area contributed by atoms with Gasteiger partial charge in [0.15, 0.2) is 11.0 Å². The Bertz CT molecular complexity index is 750. The normalized spacial score (nSPS) is 14.8. The number of esters is 1. The second-order valence-corrected chi connectivity index (χ2v) is 8.16. The maximum atomic E-state index is 12.5. The number of hydrogen-bond donors (Lipinski definition) is 1. The molecule has 7 heteroatoms. The first-order valence-electron chi connectivity index (χ1n) is 8.74. The van der Waals surface area contributed by atoms with Gasteiger partial charge in [0, 0.05) is 10.9 Å². The van der Waals surface area contributed by atoms with E-state index in [4.69, 9.17) is 4.74 Å². The maximum absolute atomic E-state index is 12.5. The second-order valence-electron chi connectivity index (χ2n) is 6.10. The molecule has 1 aromatic heterocycles. The molecule has 0 saturated heterocycles. The van der Waals surface area contributed by atoms with Crippen molar-refractivity contribution in [1.82, 2.24) is 9.97 Å². The molecule has 1 fully saturated rings. The fraction of sp³-hybridized carbons (Fsp3) is 0.421. The molecule has 3 rings (SSSR count). The lowest BCUT2D eigenvalue weighted by Crippen LogP contribution is -2.14. The number of thioether (sulfide) groups is 2. The summed E-state index contributed by atoms with van der Waals surface area (Å²) >= 11 is 3.15. The van der Waals surface area contributed by atoms with Gasteiger partial charge in [-0.1, -0.05) is 49.2 Å². The van der Waals surface area contributed by atoms with Crippen LogP contribution in [0.15, 0.2) is 40.5 Å². The molecule has 0 bridgehead atoms. The highest BCUT2D eigenvalue weighted by atomic mass is 32.2. The van der Waals surface area contributed by atoms with E-state index in [1.165, 1.54) is 38.1 Å². The van der Waals surface area contributed by atoms with E-state index >= 15 is 0 Å². The second kappa shape index (κ2) is 9.28. The number of benzene rings is 1. The Balaban J connectivity index is 2.00. The van der Waals surface area contributed by atoms with Gasteiger partial charge in [-0.3, -0.25) is 0 Å². The summed E-state index contributed by atoms with van der Waals surface area (Å²) in [7, 11) is 1.40. The van der Waals surface area contributed by atoms with Crippen molar-refractivity contribution in [2.45, 2.75) is 47.5 Å². The van der Waals surface area contributed by atoms with Crippen LogP contribution in [0, 0.1) is 0 Å². The number of carbonyl (C=O) groups is 1. The van der Waals surface area contributed by atoms with Gasteiger partial charge in [-0.05, 0) is 31.2 Å². The molecule has 1 aromatic carbocycles. The first-order valence-corrected chi connectivity index (χ1v) is 10.8. The zero-order chi connectivity index (χ0) is 18.4. The van der Waals surface area contributed by atoms with Crippen LogP contribution in [0.4, 0.5) is 11.5 Å². The average Bonchev–Trinajstić information content (AvgIpc) is 2.69. The molecular weight excluding hydrogens is 366 g/mol. The number of nitrogens with zero attached hydrogens (tertiary/aromatic N) is 2. The summed E-state index contributed by atoms with van der Waals surface area (Å²) in [5, 5.41) is 5.11. The predicted molar refractivity (Wildman–Crippen MR) is 108 cm³/mol. The monoisotopic (exact) mass is 389 g/mol. The number of para-hydroxylation sites is 1. The third kappa shape index (κ3) is 4.71. The van der Waals surface area contributed by atoms with Crippen molar-refractivity contribution >= 4 is 41.0 Å². The van der Waals surface area contributed by atoms with Gasteiger partial charge in [0.1, 0.15) is 10.6 Å². The van der Waals surface area contributed by atoms with E-state index in [-0.39, 0.29) is 0 Å². The lowest BCUT2D eigenvalue weighted by Gasteiger charge is -2.22. The van der Waals surface area contributed by atoms with Crippen LogP contribution >= 0.6 is 23.5 Å². The van der Waals surface area contributed by atoms with E-state index in [1.807, 2.05) is 36.6 Å². The number of ether oxygens (including phenoxy) is 1. The Kier molecular flexibility index (Phi) is 6.80. The van der Waals surface area contributed by atoms with E-state index < -0.39 is 5.97 Å². The molecular formula is C19H23N3O2S2. The standard InChI is InChI=1S/C19H23N3O2S2/c1-24-18(23)15-16(20-13-9-5-3-6-10-13)21-19(25-2)22-17(15)26-14-11-7-4-8-12-14/h3,5-6,9-10,14H,4,7-8,11-12H2,1-2H3,(H,20,21,22). The Labute approximate surface area is 162 Å². The van der Waals surface area contributed by atoms with Crippen molar-refractivity contribution in [3.63, 3.8) is 0 Å². The molecule has 5 nitrogen and oxygen atoms in total. The molecule has 2 aromatic rings. The molecule has 0 aliphatic heterocycles. The SMILES string of the molecule is COC(=O)c1c(Nc2ccccc2)nc(SC)nc1SC1CCCCC1. The molecule has 138 valence electrons. The highest BCUT2D eigenvalue weighted by Crippen LogP contribution is 2.37. The molecule has 1 saturated carbocycles. The van der Waals surface area contributed by atoms with Crippen LogP contribution in [0.2, 0.25) is 0 Å². The van der Waals surface area contributed by atoms with Crippen molar-refractivity contribution in [2.24, 2.45) is 0 Å². The third-order valence-electron chi connectivity index (χ3n) is 4.29. The van der Waals surface area contributed by atoms with Gasteiger partial charge in [0.05, 0.1) is 7.11 Å². The lowest BCUT2D eigenvalue weighted by molar-refractivity contribution is 0.0596. The number of hydrogen-bond acceptors (Lipinski definition) is 7. The van der Waals surface area contributed by atoms with Crippen LogP contribution in [0.5, 0.6) is 0 Å². The highest BCUT2D eigenvalue weighted by Gasteiger charge is 2.25. The van der Waals surface area contributed by atoms with E-state index in [1.54, 1.807) is 11.8 Å². The molecule has 0 amide bonds. The van der Waals surface area contributed by atoms with Crippen LogP contribution in [-0.4, -0.2) is 34.6 Å². The fourth-order valence-electron chi connectivity index (χ4n) is 2.97. The summed E-state index contributed by atoms with van der Waals surface area (Å²) in [6.07, 6.45) is 8.02. The molecule has 1 N–H and O–H groups in total. The van der Waals surface area contributed by atoms with Gasteiger partial charge in [-0.25, -0.2) is 14.8 Å². The summed E-state index contributed by atoms with van der Waals surface area (Å²) in [4.78, 5) is 21.7. The van der Waals surface area contributed by atoms with Crippen molar-refractivity contribution in [3.8, 4) is 0 Å². The van der Waals surface area contributed by atoms with Crippen molar-refractivity contribution in [3.05, 3.63) is 35.9 Å². The molecule has 1 heterocycles. The van der Waals surface area contributed by atoms with Crippen molar-refractivity contribution in [2.75, 3.05) is 18.7 Å². The van der Waals surface area contributed by atoms with E-state index in [2.05, 4.69) is 15.3 Å². The fourth-order valence-corrected chi connectivity index (χ4v) is 4.72. The Morgan fingerprint density at radius 2 is 1.88 bits per heavy atom. The predicted octanol–water partition coefficient (Wildman–Crippen LogP) is 5.15. The minimum atomic E-state index is -0.408. The topological polar surface area (TPSA) is 64.1 Å². The van der Waals surface area contributed by atoms with Gasteiger partial charge in [0.2, 0.25) is 0 Å². The summed E-state index contributed by atoms with van der Waals surface area (Å²) < 4.78 is 5.04. The first-order chi connectivity index (χ1) is 12.7. The van der Waals surface area contributed by atoms with Crippen LogP contribution in [0.3, 0.4) is 0 Å². The van der Waals surface area contributed by atoms with E-state index in [0.717, 1.165) is 18.5 Å². The Hall–Kier alpha value is -1.73. The average molecular weight is 390 g/mol. The zero-order valence-corrected chi connectivity index (χ0v) is 16.7. The zero-order valence-electron chi connectivity index (χ0n) is 15.0. The minimum Gasteiger partial charge on any atom is -0.465 e. The number of aromatic nitrogens is 2. The van der Waals surface area contributed by atoms with Crippen LogP contribution in [-0.2, 0) is 4.74 Å². The first kappa shape index (κ1) is 19.0. The summed E-state index contributed by atoms with van der Waals surface area (Å²) in [6, 6.07) is 9.71. The maximum Gasteiger partial charge on any atom is 0.344 e. The van der Waals surface area contributed by atoms with Crippen molar-refractivity contribution in [1.29, 1.82) is 0 Å². The number of carbonyl (C=O) groups excluding carboxylic acids is 1.